The van der Waals surface area contributed by atoms with Crippen LogP contribution in [0.5, 0.6) is 5.88 Å². The van der Waals surface area contributed by atoms with E-state index in [4.69, 9.17) is 32.4 Å². The molecule has 3 rings (SSSR count). The largest absolute Gasteiger partial charge is 0.481 e. The summed E-state index contributed by atoms with van der Waals surface area (Å²) in [6.07, 6.45) is 0. The zero-order valence-corrected chi connectivity index (χ0v) is 13.0. The molecule has 3 aromatic rings. The van der Waals surface area contributed by atoms with Gasteiger partial charge in [-0.3, -0.25) is 10.1 Å². The van der Waals surface area contributed by atoms with Crippen LogP contribution in [0.25, 0.3) is 16.9 Å². The van der Waals surface area contributed by atoms with Crippen molar-refractivity contribution in [1.82, 2.24) is 9.55 Å². The van der Waals surface area contributed by atoms with Gasteiger partial charge < -0.3 is 9.15 Å². The van der Waals surface area contributed by atoms with Crippen molar-refractivity contribution in [3.63, 3.8) is 0 Å². The van der Waals surface area contributed by atoms with Crippen LogP contribution in [0.15, 0.2) is 33.5 Å². The van der Waals surface area contributed by atoms with Crippen LogP contribution < -0.4 is 10.5 Å². The van der Waals surface area contributed by atoms with Gasteiger partial charge in [0.1, 0.15) is 5.52 Å². The van der Waals surface area contributed by atoms with Crippen LogP contribution in [0, 0.1) is 10.1 Å². The van der Waals surface area contributed by atoms with Crippen molar-refractivity contribution in [3.8, 4) is 11.6 Å². The van der Waals surface area contributed by atoms with Crippen molar-refractivity contribution < 1.29 is 14.1 Å². The van der Waals surface area contributed by atoms with E-state index in [-0.39, 0.29) is 33.0 Å². The number of nitro benzene ring substituents is 1. The highest BCUT2D eigenvalue weighted by molar-refractivity contribution is 6.38. The minimum atomic E-state index is -0.779. The molecule has 0 saturated heterocycles. The van der Waals surface area contributed by atoms with E-state index in [9.17, 15) is 14.9 Å². The summed E-state index contributed by atoms with van der Waals surface area (Å²) < 4.78 is 11.1. The second kappa shape index (κ2) is 5.56. The van der Waals surface area contributed by atoms with Gasteiger partial charge in [-0.1, -0.05) is 23.2 Å². The first-order chi connectivity index (χ1) is 10.9. The van der Waals surface area contributed by atoms with Crippen molar-refractivity contribution in [2.75, 3.05) is 7.11 Å². The summed E-state index contributed by atoms with van der Waals surface area (Å²) in [7, 11) is 1.42. The van der Waals surface area contributed by atoms with Crippen LogP contribution in [-0.2, 0) is 0 Å². The van der Waals surface area contributed by atoms with E-state index in [1.54, 1.807) is 6.07 Å². The molecule has 0 radical (unpaired) electrons. The van der Waals surface area contributed by atoms with Gasteiger partial charge in [0.05, 0.1) is 27.8 Å². The number of pyridine rings is 1. The molecule has 0 unspecified atom stereocenters. The number of aromatic nitrogens is 2. The third kappa shape index (κ3) is 2.51. The van der Waals surface area contributed by atoms with Crippen molar-refractivity contribution in [1.29, 1.82) is 0 Å². The van der Waals surface area contributed by atoms with Gasteiger partial charge in [0.2, 0.25) is 5.88 Å². The van der Waals surface area contributed by atoms with Crippen molar-refractivity contribution >= 4 is 40.1 Å². The number of hydrogen-bond donors (Lipinski definition) is 0. The van der Waals surface area contributed by atoms with Crippen LogP contribution in [-0.4, -0.2) is 21.6 Å². The predicted octanol–water partition coefficient (Wildman–Crippen LogP) is 3.20. The highest BCUT2D eigenvalue weighted by Gasteiger charge is 2.21. The molecule has 10 heteroatoms. The van der Waals surface area contributed by atoms with Crippen molar-refractivity contribution in [2.24, 2.45) is 0 Å². The lowest BCUT2D eigenvalue weighted by molar-refractivity contribution is -0.384. The lowest BCUT2D eigenvalue weighted by Crippen LogP contribution is -2.13. The molecule has 2 aromatic heterocycles. The molecule has 2 heterocycles. The molecule has 0 N–H and O–H groups in total. The topological polar surface area (TPSA) is 100 Å². The van der Waals surface area contributed by atoms with Crippen LogP contribution in [0.2, 0.25) is 10.0 Å². The fraction of sp³-hybridized carbons (Fsp3) is 0.0769. The summed E-state index contributed by atoms with van der Waals surface area (Å²) in [5.74, 6) is -0.516. The normalized spacial score (nSPS) is 10.9. The van der Waals surface area contributed by atoms with Gasteiger partial charge in [-0.25, -0.2) is 9.36 Å². The van der Waals surface area contributed by atoms with Crippen LogP contribution in [0.1, 0.15) is 0 Å². The monoisotopic (exact) mass is 355 g/mol. The molecule has 0 bridgehead atoms. The van der Waals surface area contributed by atoms with E-state index in [0.29, 0.717) is 5.52 Å². The molecule has 23 heavy (non-hydrogen) atoms. The zero-order chi connectivity index (χ0) is 16.7. The van der Waals surface area contributed by atoms with Crippen molar-refractivity contribution in [3.05, 3.63) is 55.0 Å². The Morgan fingerprint density at radius 3 is 2.52 bits per heavy atom. The average Bonchev–Trinajstić information content (AvgIpc) is 2.81. The molecule has 8 nitrogen and oxygen atoms in total. The Morgan fingerprint density at radius 1 is 1.30 bits per heavy atom. The molecular formula is C13H7Cl2N3O5. The molecule has 0 amide bonds. The first-order valence-corrected chi connectivity index (χ1v) is 6.88. The minimum absolute atomic E-state index is 0.0276. The molecule has 0 fully saturated rings. The number of oxazole rings is 1. The Kier molecular flexibility index (Phi) is 3.70. The van der Waals surface area contributed by atoms with E-state index in [1.165, 1.54) is 13.2 Å². The SMILES string of the molecule is COc1ccc2c(n1)oc(=O)n2-c1c(Cl)cc([N+](=O)[O-])cc1Cl. The second-order valence-electron chi connectivity index (χ2n) is 4.40. The third-order valence-electron chi connectivity index (χ3n) is 3.07. The summed E-state index contributed by atoms with van der Waals surface area (Å²) in [6.45, 7) is 0. The molecule has 0 aliphatic rings. The van der Waals surface area contributed by atoms with E-state index < -0.39 is 10.7 Å². The van der Waals surface area contributed by atoms with Crippen molar-refractivity contribution in [2.45, 2.75) is 0 Å². The number of rotatable bonds is 3. The molecule has 0 aliphatic carbocycles. The van der Waals surface area contributed by atoms with Gasteiger partial charge >= 0.3 is 5.76 Å². The number of halogens is 2. The van der Waals surface area contributed by atoms with Crippen LogP contribution in [0.4, 0.5) is 5.69 Å². The fourth-order valence-electron chi connectivity index (χ4n) is 2.08. The molecule has 0 saturated carbocycles. The van der Waals surface area contributed by atoms with Gasteiger partial charge in [0.15, 0.2) is 0 Å². The number of benzene rings is 1. The maximum Gasteiger partial charge on any atom is 0.426 e. The highest BCUT2D eigenvalue weighted by Crippen LogP contribution is 2.34. The Labute approximate surface area is 138 Å². The van der Waals surface area contributed by atoms with Gasteiger partial charge in [0, 0.05) is 18.2 Å². The smallest absolute Gasteiger partial charge is 0.426 e. The maximum absolute atomic E-state index is 12.1. The molecule has 0 atom stereocenters. The number of nitrogens with zero attached hydrogens (tertiary/aromatic N) is 3. The van der Waals surface area contributed by atoms with Gasteiger partial charge in [-0.15, -0.1) is 0 Å². The Balaban J connectivity index is 2.31. The lowest BCUT2D eigenvalue weighted by atomic mass is 10.2. The Bertz CT molecular complexity index is 972. The van der Waals surface area contributed by atoms with E-state index in [1.807, 2.05) is 0 Å². The number of non-ortho nitro benzene ring substituents is 1. The number of fused-ring (bicyclic) bond motifs is 1. The Morgan fingerprint density at radius 2 is 1.96 bits per heavy atom. The van der Waals surface area contributed by atoms with Gasteiger partial charge in [0.25, 0.3) is 11.4 Å². The minimum Gasteiger partial charge on any atom is -0.481 e. The maximum atomic E-state index is 12.1. The molecule has 0 spiro atoms. The van der Waals surface area contributed by atoms with E-state index in [0.717, 1.165) is 16.7 Å². The summed E-state index contributed by atoms with van der Waals surface area (Å²) in [5.41, 5.74) is 0.118. The van der Waals surface area contributed by atoms with Crippen LogP contribution in [0.3, 0.4) is 0 Å². The van der Waals surface area contributed by atoms with E-state index >= 15 is 0 Å². The summed E-state index contributed by atoms with van der Waals surface area (Å²) in [5, 5.41) is 10.7. The Hall–Kier alpha value is -2.58. The standard InChI is InChI=1S/C13H7Cl2N3O5/c1-22-10-3-2-9-12(16-10)23-13(19)17(9)11-7(14)4-6(18(20)21)5-8(11)15/h2-5H,1H3. The zero-order valence-electron chi connectivity index (χ0n) is 11.4. The molecule has 118 valence electrons. The van der Waals surface area contributed by atoms with Crippen LogP contribution >= 0.6 is 23.2 Å². The summed E-state index contributed by atoms with van der Waals surface area (Å²) >= 11 is 12.1. The number of methoxy groups -OCH3 is 1. The molecule has 1 aromatic carbocycles. The lowest BCUT2D eigenvalue weighted by Gasteiger charge is -2.07. The third-order valence-corrected chi connectivity index (χ3v) is 3.64. The molecule has 0 aliphatic heterocycles. The predicted molar refractivity (Wildman–Crippen MR) is 82.8 cm³/mol. The summed E-state index contributed by atoms with van der Waals surface area (Å²) in [4.78, 5) is 26.3. The van der Waals surface area contributed by atoms with E-state index in [2.05, 4.69) is 4.98 Å². The first-order valence-electron chi connectivity index (χ1n) is 6.12. The second-order valence-corrected chi connectivity index (χ2v) is 5.21. The highest BCUT2D eigenvalue weighted by atomic mass is 35.5. The number of nitro groups is 1. The van der Waals surface area contributed by atoms with Gasteiger partial charge in [-0.05, 0) is 6.07 Å². The van der Waals surface area contributed by atoms with Gasteiger partial charge in [-0.2, -0.15) is 4.98 Å². The fourth-order valence-corrected chi connectivity index (χ4v) is 2.73. The molecular weight excluding hydrogens is 349 g/mol. The summed E-state index contributed by atoms with van der Waals surface area (Å²) in [6, 6.07) is 5.27. The quantitative estimate of drug-likeness (QED) is 0.528. The average molecular weight is 356 g/mol. The number of ether oxygens (including phenoxy) is 1. The number of hydrogen-bond acceptors (Lipinski definition) is 6. The first kappa shape index (κ1) is 15.3.